The first-order chi connectivity index (χ1) is 13.2. The Morgan fingerprint density at radius 3 is 2.67 bits per heavy atom. The van der Waals surface area contributed by atoms with Crippen molar-refractivity contribution in [2.45, 2.75) is 32.6 Å². The van der Waals surface area contributed by atoms with Gasteiger partial charge in [0.2, 0.25) is 0 Å². The van der Waals surface area contributed by atoms with Gasteiger partial charge in [0, 0.05) is 43.8 Å². The minimum Gasteiger partial charge on any atom is -0.378 e. The first-order valence-electron chi connectivity index (χ1n) is 9.89. The number of thiazole rings is 1. The predicted molar refractivity (Wildman–Crippen MR) is 109 cm³/mol. The molecule has 2 saturated heterocycles. The normalized spacial score (nSPS) is 24.5. The number of aromatic nitrogens is 1. The molecule has 146 valence electrons. The van der Waals surface area contributed by atoms with Gasteiger partial charge in [0.1, 0.15) is 0 Å². The molecule has 4 rings (SSSR count). The lowest BCUT2D eigenvalue weighted by molar-refractivity contribution is -0.107. The number of rotatable bonds is 5. The van der Waals surface area contributed by atoms with Crippen LogP contribution in [0.15, 0.2) is 36.5 Å². The Morgan fingerprint density at radius 2 is 1.93 bits per heavy atom. The van der Waals surface area contributed by atoms with Crippen molar-refractivity contribution in [3.8, 4) is 0 Å². The highest BCUT2D eigenvalue weighted by atomic mass is 32.1. The van der Waals surface area contributed by atoms with Crippen LogP contribution in [-0.4, -0.2) is 55.4 Å². The van der Waals surface area contributed by atoms with E-state index in [0.29, 0.717) is 5.92 Å². The minimum atomic E-state index is 0.138. The molecular formula is C21H29N3O2S. The van der Waals surface area contributed by atoms with Gasteiger partial charge in [-0.25, -0.2) is 4.98 Å². The average molecular weight is 388 g/mol. The molecule has 0 bridgehead atoms. The van der Waals surface area contributed by atoms with E-state index in [9.17, 15) is 0 Å². The van der Waals surface area contributed by atoms with Crippen LogP contribution in [0.5, 0.6) is 0 Å². The fraction of sp³-hybridized carbons (Fsp3) is 0.571. The Balaban J connectivity index is 1.44. The quantitative estimate of drug-likeness (QED) is 0.784. The summed E-state index contributed by atoms with van der Waals surface area (Å²) in [7, 11) is 0. The van der Waals surface area contributed by atoms with Gasteiger partial charge in [-0.3, -0.25) is 4.90 Å². The molecule has 27 heavy (non-hydrogen) atoms. The second-order valence-electron chi connectivity index (χ2n) is 7.72. The molecule has 0 spiro atoms. The Kier molecular flexibility index (Phi) is 6.08. The Labute approximate surface area is 165 Å². The standard InChI is InChI=1S/C21H29N3O2S/c1-16(2)19-14-23(15-20(26-19)17-6-4-3-5-7-17)13-18-12-22-21(27-18)24-8-10-25-11-9-24/h3-7,12,16,19-20H,8-11,13-15H2,1-2H3/t19-,20+/m1/s1. The summed E-state index contributed by atoms with van der Waals surface area (Å²) in [6, 6.07) is 10.6. The van der Waals surface area contributed by atoms with Crippen LogP contribution in [-0.2, 0) is 16.0 Å². The lowest BCUT2D eigenvalue weighted by Gasteiger charge is -2.39. The van der Waals surface area contributed by atoms with Crippen molar-refractivity contribution in [3.05, 3.63) is 47.0 Å². The summed E-state index contributed by atoms with van der Waals surface area (Å²) in [4.78, 5) is 10.9. The zero-order valence-corrected chi connectivity index (χ0v) is 17.0. The molecule has 1 aromatic carbocycles. The zero-order chi connectivity index (χ0) is 18.6. The number of hydrogen-bond acceptors (Lipinski definition) is 6. The summed E-state index contributed by atoms with van der Waals surface area (Å²) >= 11 is 1.82. The summed E-state index contributed by atoms with van der Waals surface area (Å²) in [6.45, 7) is 10.8. The van der Waals surface area contributed by atoms with Gasteiger partial charge in [0.05, 0.1) is 25.4 Å². The van der Waals surface area contributed by atoms with Crippen LogP contribution in [0.4, 0.5) is 5.13 Å². The van der Waals surface area contributed by atoms with Crippen molar-refractivity contribution in [1.29, 1.82) is 0 Å². The summed E-state index contributed by atoms with van der Waals surface area (Å²) < 4.78 is 11.9. The second kappa shape index (κ2) is 8.69. The Hall–Kier alpha value is -1.47. The predicted octanol–water partition coefficient (Wildman–Crippen LogP) is 3.58. The molecule has 2 atom stereocenters. The van der Waals surface area contributed by atoms with Crippen molar-refractivity contribution >= 4 is 16.5 Å². The highest BCUT2D eigenvalue weighted by molar-refractivity contribution is 7.15. The monoisotopic (exact) mass is 387 g/mol. The second-order valence-corrected chi connectivity index (χ2v) is 8.81. The molecule has 0 unspecified atom stereocenters. The molecule has 3 heterocycles. The summed E-state index contributed by atoms with van der Waals surface area (Å²) in [5.41, 5.74) is 1.27. The van der Waals surface area contributed by atoms with E-state index >= 15 is 0 Å². The van der Waals surface area contributed by atoms with Crippen LogP contribution in [0.25, 0.3) is 0 Å². The van der Waals surface area contributed by atoms with Crippen molar-refractivity contribution in [3.63, 3.8) is 0 Å². The maximum Gasteiger partial charge on any atom is 0.185 e. The van der Waals surface area contributed by atoms with Crippen molar-refractivity contribution in [2.75, 3.05) is 44.3 Å². The first kappa shape index (κ1) is 18.9. The number of benzene rings is 1. The summed E-state index contributed by atoms with van der Waals surface area (Å²) in [5.74, 6) is 0.504. The smallest absolute Gasteiger partial charge is 0.185 e. The SMILES string of the molecule is CC(C)[C@H]1CN(Cc2cnc(N3CCOCC3)s2)C[C@@H](c2ccccc2)O1. The van der Waals surface area contributed by atoms with Gasteiger partial charge in [0.25, 0.3) is 0 Å². The van der Waals surface area contributed by atoms with E-state index in [1.54, 1.807) is 0 Å². The van der Waals surface area contributed by atoms with Crippen LogP contribution in [0.2, 0.25) is 0 Å². The Bertz CT molecular complexity index is 715. The fourth-order valence-electron chi connectivity index (χ4n) is 3.70. The van der Waals surface area contributed by atoms with Gasteiger partial charge in [-0.2, -0.15) is 0 Å². The molecule has 0 aliphatic carbocycles. The number of hydrogen-bond donors (Lipinski definition) is 0. The van der Waals surface area contributed by atoms with Gasteiger partial charge in [-0.05, 0) is 11.5 Å². The topological polar surface area (TPSA) is 37.8 Å². The first-order valence-corrected chi connectivity index (χ1v) is 10.7. The number of ether oxygens (including phenoxy) is 2. The molecule has 0 radical (unpaired) electrons. The van der Waals surface area contributed by atoms with Gasteiger partial charge < -0.3 is 14.4 Å². The maximum absolute atomic E-state index is 6.43. The largest absolute Gasteiger partial charge is 0.378 e. The molecule has 1 aromatic heterocycles. The van der Waals surface area contributed by atoms with Crippen molar-refractivity contribution < 1.29 is 9.47 Å². The van der Waals surface area contributed by atoms with E-state index < -0.39 is 0 Å². The molecule has 5 nitrogen and oxygen atoms in total. The van der Waals surface area contributed by atoms with Gasteiger partial charge in [0.15, 0.2) is 5.13 Å². The van der Waals surface area contributed by atoms with Gasteiger partial charge >= 0.3 is 0 Å². The highest BCUT2D eigenvalue weighted by Crippen LogP contribution is 2.31. The number of nitrogens with zero attached hydrogens (tertiary/aromatic N) is 3. The maximum atomic E-state index is 6.43. The zero-order valence-electron chi connectivity index (χ0n) is 16.2. The third kappa shape index (κ3) is 4.69. The minimum absolute atomic E-state index is 0.138. The lowest BCUT2D eigenvalue weighted by atomic mass is 10.0. The summed E-state index contributed by atoms with van der Waals surface area (Å²) in [5, 5.41) is 1.13. The third-order valence-electron chi connectivity index (χ3n) is 5.32. The third-order valence-corrected chi connectivity index (χ3v) is 6.36. The molecule has 2 fully saturated rings. The highest BCUT2D eigenvalue weighted by Gasteiger charge is 2.31. The average Bonchev–Trinajstić information content (AvgIpc) is 3.17. The van der Waals surface area contributed by atoms with E-state index in [2.05, 4.69) is 59.0 Å². The molecular weight excluding hydrogens is 358 g/mol. The van der Waals surface area contributed by atoms with Crippen LogP contribution in [0.3, 0.4) is 0 Å². The van der Waals surface area contributed by atoms with Crippen molar-refractivity contribution in [2.24, 2.45) is 5.92 Å². The van der Waals surface area contributed by atoms with E-state index in [4.69, 9.17) is 9.47 Å². The lowest BCUT2D eigenvalue weighted by Crippen LogP contribution is -2.45. The van der Waals surface area contributed by atoms with Gasteiger partial charge in [-0.1, -0.05) is 44.2 Å². The molecule has 2 aliphatic heterocycles. The molecule has 2 aromatic rings. The number of morpholine rings is 2. The molecule has 0 N–H and O–H groups in total. The van der Waals surface area contributed by atoms with Gasteiger partial charge in [-0.15, -0.1) is 11.3 Å². The fourth-order valence-corrected chi connectivity index (χ4v) is 4.70. The summed E-state index contributed by atoms with van der Waals surface area (Å²) in [6.07, 6.45) is 2.45. The van der Waals surface area contributed by atoms with E-state index in [1.807, 2.05) is 17.5 Å². The van der Waals surface area contributed by atoms with E-state index in [0.717, 1.165) is 51.1 Å². The number of anilines is 1. The molecule has 0 amide bonds. The Morgan fingerprint density at radius 1 is 1.15 bits per heavy atom. The van der Waals surface area contributed by atoms with E-state index in [-0.39, 0.29) is 12.2 Å². The molecule has 0 saturated carbocycles. The van der Waals surface area contributed by atoms with Crippen LogP contribution < -0.4 is 4.90 Å². The van der Waals surface area contributed by atoms with Crippen molar-refractivity contribution in [1.82, 2.24) is 9.88 Å². The van der Waals surface area contributed by atoms with Crippen LogP contribution in [0.1, 0.15) is 30.4 Å². The molecule has 2 aliphatic rings. The van der Waals surface area contributed by atoms with E-state index in [1.165, 1.54) is 10.4 Å². The molecule has 6 heteroatoms. The van der Waals surface area contributed by atoms with Crippen LogP contribution >= 0.6 is 11.3 Å². The van der Waals surface area contributed by atoms with Crippen LogP contribution in [0, 0.1) is 5.92 Å².